The van der Waals surface area contributed by atoms with E-state index in [2.05, 4.69) is 10.6 Å². The van der Waals surface area contributed by atoms with Crippen LogP contribution in [0.3, 0.4) is 0 Å². The first-order valence-corrected chi connectivity index (χ1v) is 17.7. The first-order valence-electron chi connectivity index (χ1n) is 17.7. The van der Waals surface area contributed by atoms with Crippen LogP contribution in [0.15, 0.2) is 0 Å². The fourth-order valence-corrected chi connectivity index (χ4v) is 7.35. The van der Waals surface area contributed by atoms with Crippen LogP contribution in [-0.4, -0.2) is 179 Å². The molecule has 1 saturated heterocycles. The average Bonchev–Trinajstić information content (AvgIpc) is 3.55. The highest BCUT2D eigenvalue weighted by atomic mass is 16.4. The van der Waals surface area contributed by atoms with Crippen molar-refractivity contribution in [2.24, 2.45) is 17.8 Å². The van der Waals surface area contributed by atoms with Gasteiger partial charge in [-0.2, -0.15) is 0 Å². The molecule has 282 valence electrons. The van der Waals surface area contributed by atoms with Crippen LogP contribution in [0.25, 0.3) is 0 Å². The zero-order valence-electron chi connectivity index (χ0n) is 29.1. The maximum Gasteiger partial charge on any atom is 0.455 e. The Hall–Kier alpha value is -3.16. The number of carboxylic acids is 3. The lowest BCUT2D eigenvalue weighted by Crippen LogP contribution is -2.50. The van der Waals surface area contributed by atoms with E-state index in [0.29, 0.717) is 84.6 Å². The van der Waals surface area contributed by atoms with Crippen molar-refractivity contribution in [3.63, 3.8) is 0 Å². The summed E-state index contributed by atoms with van der Waals surface area (Å²) in [5, 5.41) is 53.2. The number of ketones is 1. The SMILES string of the molecule is C[C@@H](NC(=O)C1CCC(CNC(=O)CN2CCN(CC(=O)O)CCN(CC(=O)O)CCN(CC(=O)O)CC2)CC1)C(=O)C1CCC[C@H]1B(O)O. The number of rotatable bonds is 15. The molecule has 3 atom stereocenters. The standard InChI is InChI=1S/C32H55BN6O11/c1-22(31(47)25-3-2-4-26(25)33(49)50)35-32(48)24-7-5-23(6-8-24)17-34-27(40)18-36-9-11-37(19-28(41)42)13-15-39(21-30(45)46)16-14-38(12-10-36)20-29(43)44/h22-26,49-50H,2-21H2,1H3,(H,34,40)(H,35,48)(H,41,42)(H,43,44)(H,45,46)/t22-,23?,24?,25?,26-/m1/s1. The normalized spacial score (nSPS) is 25.8. The minimum absolute atomic E-state index is 0.0335. The Balaban J connectivity index is 1.48. The largest absolute Gasteiger partial charge is 0.480 e. The molecule has 0 aromatic rings. The summed E-state index contributed by atoms with van der Waals surface area (Å²) in [7, 11) is -1.55. The van der Waals surface area contributed by atoms with Crippen LogP contribution in [0.2, 0.25) is 5.82 Å². The maximum atomic E-state index is 13.1. The molecule has 1 unspecified atom stereocenters. The Bertz CT molecular complexity index is 1140. The average molecular weight is 711 g/mol. The molecule has 3 rings (SSSR count). The van der Waals surface area contributed by atoms with Crippen LogP contribution in [0, 0.1) is 17.8 Å². The highest BCUT2D eigenvalue weighted by Crippen LogP contribution is 2.39. The maximum absolute atomic E-state index is 13.1. The topological polar surface area (TPSA) is 241 Å². The van der Waals surface area contributed by atoms with E-state index in [4.69, 9.17) is 0 Å². The van der Waals surface area contributed by atoms with Crippen molar-refractivity contribution in [3.8, 4) is 0 Å². The molecule has 3 fully saturated rings. The Morgan fingerprint density at radius 3 is 1.52 bits per heavy atom. The molecule has 7 N–H and O–H groups in total. The molecule has 1 heterocycles. The van der Waals surface area contributed by atoms with Crippen LogP contribution in [0.5, 0.6) is 0 Å². The second kappa shape index (κ2) is 20.6. The Labute approximate surface area is 293 Å². The zero-order valence-corrected chi connectivity index (χ0v) is 29.1. The van der Waals surface area contributed by atoms with E-state index in [1.165, 1.54) is 0 Å². The first kappa shape index (κ1) is 41.3. The number of carbonyl (C=O) groups is 6. The lowest BCUT2D eigenvalue weighted by molar-refractivity contribution is -0.140. The van der Waals surface area contributed by atoms with Gasteiger partial charge in [-0.1, -0.05) is 12.8 Å². The van der Waals surface area contributed by atoms with Crippen molar-refractivity contribution in [3.05, 3.63) is 0 Å². The summed E-state index contributed by atoms with van der Waals surface area (Å²) in [4.78, 5) is 80.3. The van der Waals surface area contributed by atoms with Crippen molar-refractivity contribution in [2.75, 3.05) is 85.1 Å². The van der Waals surface area contributed by atoms with E-state index in [1.807, 2.05) is 4.90 Å². The zero-order chi connectivity index (χ0) is 36.8. The van der Waals surface area contributed by atoms with Crippen LogP contribution in [0.4, 0.5) is 0 Å². The quantitative estimate of drug-likeness (QED) is 0.0919. The number of hydrogen-bond acceptors (Lipinski definition) is 12. The molecule has 1 aliphatic heterocycles. The van der Waals surface area contributed by atoms with Crippen LogP contribution < -0.4 is 10.6 Å². The second-order valence-corrected chi connectivity index (χ2v) is 14.1. The molecule has 3 aliphatic rings. The summed E-state index contributed by atoms with van der Waals surface area (Å²) in [6.07, 6.45) is 4.56. The monoisotopic (exact) mass is 710 g/mol. The van der Waals surface area contributed by atoms with Crippen molar-refractivity contribution >= 4 is 42.6 Å². The summed E-state index contributed by atoms with van der Waals surface area (Å²) < 4.78 is 0. The number of carboxylic acid groups (broad SMARTS) is 3. The number of Topliss-reactive ketones (excluding diaryl/α,β-unsaturated/α-hetero) is 1. The number of carbonyl (C=O) groups excluding carboxylic acids is 3. The summed E-state index contributed by atoms with van der Waals surface area (Å²) in [5.74, 6) is -4.70. The predicted octanol–water partition coefficient (Wildman–Crippen LogP) is -1.90. The lowest BCUT2D eigenvalue weighted by atomic mass is 9.65. The number of amides is 2. The van der Waals surface area contributed by atoms with E-state index < -0.39 is 42.8 Å². The molecule has 2 amide bonds. The van der Waals surface area contributed by atoms with Gasteiger partial charge >= 0.3 is 25.0 Å². The summed E-state index contributed by atoms with van der Waals surface area (Å²) in [5.41, 5.74) is 0. The number of nitrogens with zero attached hydrogens (tertiary/aromatic N) is 4. The van der Waals surface area contributed by atoms with E-state index in [-0.39, 0.29) is 55.6 Å². The summed E-state index contributed by atoms with van der Waals surface area (Å²) in [6, 6.07) is -0.714. The molecule has 18 heteroatoms. The molecule has 50 heavy (non-hydrogen) atoms. The smallest absolute Gasteiger partial charge is 0.455 e. The van der Waals surface area contributed by atoms with Gasteiger partial charge in [-0.15, -0.1) is 0 Å². The van der Waals surface area contributed by atoms with Crippen LogP contribution >= 0.6 is 0 Å². The van der Waals surface area contributed by atoms with E-state index in [9.17, 15) is 54.1 Å². The van der Waals surface area contributed by atoms with E-state index in [1.54, 1.807) is 21.6 Å². The molecule has 0 bridgehead atoms. The fourth-order valence-electron chi connectivity index (χ4n) is 7.35. The highest BCUT2D eigenvalue weighted by Gasteiger charge is 2.41. The van der Waals surface area contributed by atoms with Gasteiger partial charge in [0, 0.05) is 76.6 Å². The van der Waals surface area contributed by atoms with E-state index >= 15 is 0 Å². The third-order valence-electron chi connectivity index (χ3n) is 10.3. The number of nitrogens with one attached hydrogen (secondary N) is 2. The molecule has 0 radical (unpaired) electrons. The minimum atomic E-state index is -1.55. The first-order chi connectivity index (χ1) is 23.7. The van der Waals surface area contributed by atoms with Crippen molar-refractivity contribution in [1.29, 1.82) is 0 Å². The highest BCUT2D eigenvalue weighted by molar-refractivity contribution is 6.44. The lowest BCUT2D eigenvalue weighted by Gasteiger charge is -2.33. The summed E-state index contributed by atoms with van der Waals surface area (Å²) in [6.45, 7) is 3.89. The van der Waals surface area contributed by atoms with Gasteiger partial charge in [-0.05, 0) is 44.9 Å². The van der Waals surface area contributed by atoms with Crippen molar-refractivity contribution in [1.82, 2.24) is 30.2 Å². The third-order valence-corrected chi connectivity index (χ3v) is 10.3. The van der Waals surface area contributed by atoms with Gasteiger partial charge < -0.3 is 36.0 Å². The van der Waals surface area contributed by atoms with Gasteiger partial charge in [0.15, 0.2) is 5.78 Å². The summed E-state index contributed by atoms with van der Waals surface area (Å²) >= 11 is 0. The molecule has 17 nitrogen and oxygen atoms in total. The minimum Gasteiger partial charge on any atom is -0.480 e. The van der Waals surface area contributed by atoms with Crippen molar-refractivity contribution in [2.45, 2.75) is 63.7 Å². The number of hydrogen-bond donors (Lipinski definition) is 7. The Kier molecular flexibility index (Phi) is 17.0. The van der Waals surface area contributed by atoms with Crippen LogP contribution in [-0.2, 0) is 28.8 Å². The van der Waals surface area contributed by atoms with Gasteiger partial charge in [0.1, 0.15) is 0 Å². The Morgan fingerprint density at radius 1 is 0.660 bits per heavy atom. The van der Waals surface area contributed by atoms with Crippen molar-refractivity contribution < 1.29 is 54.1 Å². The molecular weight excluding hydrogens is 655 g/mol. The molecule has 0 aromatic heterocycles. The predicted molar refractivity (Wildman–Crippen MR) is 181 cm³/mol. The van der Waals surface area contributed by atoms with Gasteiger partial charge in [-0.3, -0.25) is 48.4 Å². The molecule has 2 aliphatic carbocycles. The van der Waals surface area contributed by atoms with Gasteiger partial charge in [0.25, 0.3) is 0 Å². The van der Waals surface area contributed by atoms with Gasteiger partial charge in [0.2, 0.25) is 11.8 Å². The van der Waals surface area contributed by atoms with Crippen LogP contribution in [0.1, 0.15) is 51.9 Å². The van der Waals surface area contributed by atoms with E-state index in [0.717, 1.165) is 19.3 Å². The third kappa shape index (κ3) is 14.2. The molecule has 0 spiro atoms. The van der Waals surface area contributed by atoms with Gasteiger partial charge in [0.05, 0.1) is 32.2 Å². The molecule has 0 aromatic carbocycles. The van der Waals surface area contributed by atoms with Gasteiger partial charge in [-0.25, -0.2) is 0 Å². The fraction of sp³-hybridized carbons (Fsp3) is 0.812. The Morgan fingerprint density at radius 2 is 1.10 bits per heavy atom. The second-order valence-electron chi connectivity index (χ2n) is 14.1. The molecule has 2 saturated carbocycles. The molecular formula is C32H55BN6O11. The number of aliphatic carboxylic acids is 3.